The molecule has 0 bridgehead atoms. The summed E-state index contributed by atoms with van der Waals surface area (Å²) in [6.07, 6.45) is 1.89. The van der Waals surface area contributed by atoms with Crippen molar-refractivity contribution in [1.29, 1.82) is 0 Å². The van der Waals surface area contributed by atoms with Gasteiger partial charge in [-0.25, -0.2) is 22.3 Å². The maximum Gasteiger partial charge on any atom is 0.329 e. The van der Waals surface area contributed by atoms with Crippen LogP contribution in [0.3, 0.4) is 0 Å². The van der Waals surface area contributed by atoms with E-state index in [4.69, 9.17) is 0 Å². The van der Waals surface area contributed by atoms with E-state index in [-0.39, 0.29) is 12.3 Å². The molecule has 1 unspecified atom stereocenters. The van der Waals surface area contributed by atoms with Crippen LogP contribution in [0.25, 0.3) is 0 Å². The van der Waals surface area contributed by atoms with Gasteiger partial charge in [0, 0.05) is 27.2 Å². The van der Waals surface area contributed by atoms with Crippen molar-refractivity contribution < 1.29 is 23.1 Å². The molecule has 21 heavy (non-hydrogen) atoms. The van der Waals surface area contributed by atoms with Crippen molar-refractivity contribution in [1.82, 2.24) is 14.5 Å². The van der Waals surface area contributed by atoms with Crippen molar-refractivity contribution in [3.63, 3.8) is 0 Å². The Bertz CT molecular complexity index is 505. The zero-order chi connectivity index (χ0) is 16.3. The van der Waals surface area contributed by atoms with Crippen LogP contribution in [0.2, 0.25) is 0 Å². The number of carbonyl (C=O) groups excluding carboxylic acids is 1. The summed E-state index contributed by atoms with van der Waals surface area (Å²) in [7, 11) is -0.546. The number of nitrogens with zero attached hydrogens (tertiary/aromatic N) is 2. The predicted octanol–water partition coefficient (Wildman–Crippen LogP) is -0.0834. The Kier molecular flexibility index (Phi) is 5.57. The fourth-order valence-corrected chi connectivity index (χ4v) is 2.96. The van der Waals surface area contributed by atoms with Gasteiger partial charge in [-0.3, -0.25) is 0 Å². The maximum atomic E-state index is 12.1. The Labute approximate surface area is 125 Å². The van der Waals surface area contributed by atoms with Gasteiger partial charge in [0.25, 0.3) is 0 Å². The second-order valence-electron chi connectivity index (χ2n) is 5.52. The number of carboxylic acids is 1. The summed E-state index contributed by atoms with van der Waals surface area (Å²) < 4.78 is 24.3. The molecular weight excluding hydrogens is 298 g/mol. The summed E-state index contributed by atoms with van der Waals surface area (Å²) in [5.41, 5.74) is -1.23. The van der Waals surface area contributed by atoms with E-state index in [1.54, 1.807) is 0 Å². The van der Waals surface area contributed by atoms with E-state index in [9.17, 15) is 23.1 Å². The molecule has 1 aliphatic heterocycles. The Balaban J connectivity index is 2.64. The van der Waals surface area contributed by atoms with E-state index in [1.165, 1.54) is 25.9 Å². The number of hydrogen-bond acceptors (Lipinski definition) is 4. The molecule has 2 N–H and O–H groups in total. The molecule has 1 rings (SSSR count). The number of carboxylic acid groups (broad SMARTS) is 1. The molecule has 8 nitrogen and oxygen atoms in total. The van der Waals surface area contributed by atoms with Crippen LogP contribution in [0.4, 0.5) is 4.79 Å². The third kappa shape index (κ3) is 4.07. The molecule has 0 aliphatic carbocycles. The average molecular weight is 321 g/mol. The highest BCUT2D eigenvalue weighted by atomic mass is 32.2. The summed E-state index contributed by atoms with van der Waals surface area (Å²) in [6, 6.07) is -0.534. The molecule has 2 amide bonds. The number of sulfonamides is 1. The van der Waals surface area contributed by atoms with Gasteiger partial charge in [-0.05, 0) is 26.2 Å². The average Bonchev–Trinajstić information content (AvgIpc) is 2.38. The lowest BCUT2D eigenvalue weighted by molar-refractivity contribution is -0.150. The predicted molar refractivity (Wildman–Crippen MR) is 77.5 cm³/mol. The van der Waals surface area contributed by atoms with E-state index in [1.807, 2.05) is 0 Å². The summed E-state index contributed by atoms with van der Waals surface area (Å²) >= 11 is 0. The van der Waals surface area contributed by atoms with Crippen LogP contribution in [0.15, 0.2) is 0 Å². The van der Waals surface area contributed by atoms with Crippen molar-refractivity contribution in [2.75, 3.05) is 32.9 Å². The largest absolute Gasteiger partial charge is 0.480 e. The minimum Gasteiger partial charge on any atom is -0.480 e. The van der Waals surface area contributed by atoms with Gasteiger partial charge in [-0.1, -0.05) is 0 Å². The van der Waals surface area contributed by atoms with Crippen LogP contribution in [-0.2, 0) is 14.8 Å². The second-order valence-corrected chi connectivity index (χ2v) is 7.82. The molecule has 0 aromatic rings. The molecule has 1 fully saturated rings. The Morgan fingerprint density at radius 3 is 2.48 bits per heavy atom. The Morgan fingerprint density at radius 1 is 1.33 bits per heavy atom. The molecule has 1 atom stereocenters. The highest BCUT2D eigenvalue weighted by Gasteiger charge is 2.43. The van der Waals surface area contributed by atoms with Crippen molar-refractivity contribution in [2.45, 2.75) is 31.7 Å². The van der Waals surface area contributed by atoms with Crippen LogP contribution in [-0.4, -0.2) is 73.2 Å². The fourth-order valence-electron chi connectivity index (χ4n) is 2.23. The number of nitrogens with one attached hydrogen (secondary N) is 1. The van der Waals surface area contributed by atoms with Crippen molar-refractivity contribution >= 4 is 22.0 Å². The second kappa shape index (κ2) is 6.61. The minimum atomic E-state index is -3.39. The molecule has 0 saturated carbocycles. The summed E-state index contributed by atoms with van der Waals surface area (Å²) in [5.74, 6) is -1.26. The van der Waals surface area contributed by atoms with Crippen molar-refractivity contribution in [3.8, 4) is 0 Å². The van der Waals surface area contributed by atoms with E-state index < -0.39 is 27.6 Å². The molecule has 0 radical (unpaired) electrons. The fraction of sp³-hybridized carbons (Fsp3) is 0.833. The number of rotatable bonds is 5. The number of urea groups is 1. The van der Waals surface area contributed by atoms with Crippen LogP contribution < -0.4 is 5.32 Å². The summed E-state index contributed by atoms with van der Waals surface area (Å²) in [5, 5.41) is 11.8. The third-order valence-corrected chi connectivity index (χ3v) is 5.62. The van der Waals surface area contributed by atoms with Crippen LogP contribution in [0, 0.1) is 0 Å². The van der Waals surface area contributed by atoms with Gasteiger partial charge in [0.05, 0.1) is 5.75 Å². The van der Waals surface area contributed by atoms with Crippen molar-refractivity contribution in [3.05, 3.63) is 0 Å². The Hall–Kier alpha value is -1.35. The maximum absolute atomic E-state index is 12.1. The first-order chi connectivity index (χ1) is 9.61. The standard InChI is InChI=1S/C12H23N3O5S/c1-12(10(16)17)6-4-5-8-15(12)11(18)13-7-9-21(19,20)14(2)3/h4-9H2,1-3H3,(H,13,18)(H,16,17). The first-order valence-corrected chi connectivity index (χ1v) is 8.41. The van der Waals surface area contributed by atoms with Gasteiger partial charge >= 0.3 is 12.0 Å². The SMILES string of the molecule is CN(C)S(=O)(=O)CCNC(=O)N1CCCCC1(C)C(=O)O. The van der Waals surface area contributed by atoms with E-state index in [2.05, 4.69) is 5.32 Å². The number of amides is 2. The van der Waals surface area contributed by atoms with Crippen LogP contribution >= 0.6 is 0 Å². The highest BCUT2D eigenvalue weighted by molar-refractivity contribution is 7.89. The summed E-state index contributed by atoms with van der Waals surface area (Å²) in [4.78, 5) is 24.8. The van der Waals surface area contributed by atoms with Crippen LogP contribution in [0.5, 0.6) is 0 Å². The molecule has 0 spiro atoms. The smallest absolute Gasteiger partial charge is 0.329 e. The van der Waals surface area contributed by atoms with Gasteiger partial charge < -0.3 is 15.3 Å². The lowest BCUT2D eigenvalue weighted by Crippen LogP contribution is -2.60. The number of hydrogen-bond donors (Lipinski definition) is 2. The monoisotopic (exact) mass is 321 g/mol. The van der Waals surface area contributed by atoms with Gasteiger partial charge in [0.1, 0.15) is 5.54 Å². The highest BCUT2D eigenvalue weighted by Crippen LogP contribution is 2.28. The molecule has 1 saturated heterocycles. The van der Waals surface area contributed by atoms with Gasteiger partial charge in [-0.2, -0.15) is 0 Å². The van der Waals surface area contributed by atoms with Crippen LogP contribution in [0.1, 0.15) is 26.2 Å². The quantitative estimate of drug-likeness (QED) is 0.736. The topological polar surface area (TPSA) is 107 Å². The number of likely N-dealkylation sites (tertiary alicyclic amines) is 1. The molecule has 0 aromatic heterocycles. The number of carbonyl (C=O) groups is 2. The first kappa shape index (κ1) is 17.7. The lowest BCUT2D eigenvalue weighted by Gasteiger charge is -2.41. The Morgan fingerprint density at radius 2 is 1.95 bits per heavy atom. The summed E-state index contributed by atoms with van der Waals surface area (Å²) in [6.45, 7) is 1.82. The molecule has 0 aromatic carbocycles. The van der Waals surface area contributed by atoms with Gasteiger partial charge in [0.2, 0.25) is 10.0 Å². The number of piperidine rings is 1. The van der Waals surface area contributed by atoms with Gasteiger partial charge in [0.15, 0.2) is 0 Å². The minimum absolute atomic E-state index is 0.0501. The zero-order valence-electron chi connectivity index (χ0n) is 12.6. The molecular formula is C12H23N3O5S. The molecule has 1 heterocycles. The number of aliphatic carboxylic acids is 1. The van der Waals surface area contributed by atoms with Crippen molar-refractivity contribution in [2.24, 2.45) is 0 Å². The normalized spacial score (nSPS) is 23.1. The lowest BCUT2D eigenvalue weighted by atomic mass is 9.89. The molecule has 1 aliphatic rings. The zero-order valence-corrected chi connectivity index (χ0v) is 13.4. The first-order valence-electron chi connectivity index (χ1n) is 6.80. The van der Waals surface area contributed by atoms with Gasteiger partial charge in [-0.15, -0.1) is 0 Å². The van der Waals surface area contributed by atoms with E-state index in [0.717, 1.165) is 17.1 Å². The molecule has 122 valence electrons. The van der Waals surface area contributed by atoms with E-state index in [0.29, 0.717) is 13.0 Å². The molecule has 9 heteroatoms. The third-order valence-electron chi connectivity index (χ3n) is 3.79. The van der Waals surface area contributed by atoms with E-state index >= 15 is 0 Å².